The van der Waals surface area contributed by atoms with Crippen LogP contribution < -0.4 is 31.7 Å². The van der Waals surface area contributed by atoms with Crippen molar-refractivity contribution >= 4 is 49.7 Å². The summed E-state index contributed by atoms with van der Waals surface area (Å²) in [6, 6.07) is 0. The average Bonchev–Trinajstić information content (AvgIpc) is 3.73. The predicted molar refractivity (Wildman–Crippen MR) is 140 cm³/mol. The Kier molecular flexibility index (Phi) is 8.43. The van der Waals surface area contributed by atoms with E-state index >= 15 is 0 Å². The van der Waals surface area contributed by atoms with Gasteiger partial charge in [-0.05, 0) is 0 Å². The summed E-state index contributed by atoms with van der Waals surface area (Å²) in [6.45, 7) is -2.00. The summed E-state index contributed by atoms with van der Waals surface area (Å²) in [4.78, 5) is 69.1. The Morgan fingerprint density at radius 2 is 1.50 bits per heavy atom. The highest BCUT2D eigenvalue weighted by Crippen LogP contribution is 2.47. The number of nitrogens with one attached hydrogen (secondary N) is 1. The highest BCUT2D eigenvalue weighted by molar-refractivity contribution is 7.45. The number of nitrogen functional groups attached to an aromatic ring is 2. The number of nitrogens with two attached hydrogens (primary N) is 2. The van der Waals surface area contributed by atoms with Gasteiger partial charge in [0.25, 0.3) is 13.4 Å². The molecular weight excluding hydrogens is 666 g/mol. The molecule has 46 heavy (non-hydrogen) atoms. The van der Waals surface area contributed by atoms with Crippen molar-refractivity contribution in [3.05, 3.63) is 29.3 Å². The zero-order valence-corrected chi connectivity index (χ0v) is 24.6. The summed E-state index contributed by atoms with van der Waals surface area (Å²) in [6.07, 6.45) is -10.0. The quantitative estimate of drug-likeness (QED) is 0.0846. The topological polar surface area (TPSA) is 369 Å². The number of aromatic amines is 1. The van der Waals surface area contributed by atoms with E-state index in [-0.39, 0.29) is 34.1 Å². The summed E-state index contributed by atoms with van der Waals surface area (Å²) in [5, 5.41) is 32.2. The summed E-state index contributed by atoms with van der Waals surface area (Å²) < 4.78 is 51.6. The maximum Gasteiger partial charge on any atom is 0.280 e. The molecule has 6 heterocycles. The Bertz CT molecular complexity index is 1910. The summed E-state index contributed by atoms with van der Waals surface area (Å²) in [5.74, 6) is -0.299. The molecule has 8 N–H and O–H groups in total. The van der Waals surface area contributed by atoms with Crippen molar-refractivity contribution < 1.29 is 62.2 Å². The minimum Gasteiger partial charge on any atom is -0.790 e. The first-order valence-corrected chi connectivity index (χ1v) is 15.9. The number of anilines is 2. The number of H-pyrrole nitrogens is 1. The van der Waals surface area contributed by atoms with Gasteiger partial charge in [0.2, 0.25) is 5.95 Å². The molecule has 2 aliphatic rings. The third kappa shape index (κ3) is 6.14. The number of fused-ring (bicyclic) bond motifs is 2. The molecule has 0 aliphatic carbocycles. The smallest absolute Gasteiger partial charge is 0.280 e. The Balaban J connectivity index is 1.18. The number of aliphatic hydroxyl groups is 3. The molecule has 0 spiro atoms. The number of nitrogens with zero attached hydrogens (tertiary/aromatic N) is 7. The number of hydrogen-bond donors (Lipinski definition) is 6. The third-order valence-corrected chi connectivity index (χ3v) is 8.51. The lowest BCUT2D eigenvalue weighted by atomic mass is 10.1. The van der Waals surface area contributed by atoms with Gasteiger partial charge in [-0.1, -0.05) is 0 Å². The molecule has 24 nitrogen and oxygen atoms in total. The first-order valence-electron chi connectivity index (χ1n) is 12.9. The highest BCUT2D eigenvalue weighted by Gasteiger charge is 2.49. The second-order valence-electron chi connectivity index (χ2n) is 10.0. The molecule has 2 saturated heterocycles. The Labute approximate surface area is 254 Å². The van der Waals surface area contributed by atoms with E-state index in [1.54, 1.807) is 0 Å². The van der Waals surface area contributed by atoms with Gasteiger partial charge in [-0.25, -0.2) is 19.9 Å². The van der Waals surface area contributed by atoms with Crippen molar-refractivity contribution in [2.45, 2.75) is 49.1 Å². The van der Waals surface area contributed by atoms with E-state index in [2.05, 4.69) is 34.4 Å². The molecule has 2 fully saturated rings. The third-order valence-electron chi connectivity index (χ3n) is 7.08. The lowest BCUT2D eigenvalue weighted by molar-refractivity contribution is -0.343. The molecule has 5 unspecified atom stereocenters. The van der Waals surface area contributed by atoms with Gasteiger partial charge in [0.15, 0.2) is 35.1 Å². The summed E-state index contributed by atoms with van der Waals surface area (Å²) >= 11 is 0. The number of aliphatic hydroxyl groups excluding tert-OH is 3. The maximum atomic E-state index is 12.9. The Hall–Kier alpha value is -3.48. The monoisotopic (exact) mass is 689 g/mol. The fraction of sp³-hybridized carbons (Fsp3) is 0.500. The molecule has 2 aliphatic heterocycles. The number of rotatable bonds is 10. The molecule has 250 valence electrons. The number of phosphoric acid groups is 2. The second-order valence-corrected chi connectivity index (χ2v) is 12.5. The number of aromatic nitrogens is 8. The van der Waals surface area contributed by atoms with Gasteiger partial charge in [0.05, 0.1) is 33.7 Å². The Morgan fingerprint density at radius 1 is 0.870 bits per heavy atom. The first kappa shape index (κ1) is 32.5. The standard InChI is InChI=1S/C20H26N10O14P2/c21-14-8-15(24-3-23-14)29(4-25-8)19-12(33)13(7(43-19)2-40-45(35,36)37)44-46(38,39)41-1-6-10(31)11(32)18(42-6)30-5-26-9-16(30)27-20(22)28-17(9)34/h3-7,10-13,18-19,31-33H,1-2H2,(H,38,39)(H2,21,23,24)(H2,35,36,37)(H3,22,27,28,34)/p-3/t6-,7-,10?,11?,12?,13?,18-,19-/m1/s1. The molecule has 26 heteroatoms. The van der Waals surface area contributed by atoms with Gasteiger partial charge in [0, 0.05) is 0 Å². The van der Waals surface area contributed by atoms with Gasteiger partial charge in [-0.15, -0.1) is 0 Å². The molecule has 0 radical (unpaired) electrons. The van der Waals surface area contributed by atoms with Crippen molar-refractivity contribution in [3.63, 3.8) is 0 Å². The van der Waals surface area contributed by atoms with E-state index in [0.29, 0.717) is 0 Å². The minimum absolute atomic E-state index is 0.0287. The molecule has 0 aromatic carbocycles. The number of phosphoric ester groups is 2. The van der Waals surface area contributed by atoms with Crippen LogP contribution in [0.2, 0.25) is 0 Å². The SMILES string of the molecule is Nc1nc2c(ncn2[C@@H]2O[C@H](COP(=O)([O-])OC3C(O)[C@H](n4cnc5c(N)ncnc54)O[C@@H]3COP(=O)([O-])[O-])C(O)C2O)c(=O)[nH]1. The van der Waals surface area contributed by atoms with Gasteiger partial charge >= 0.3 is 0 Å². The molecule has 6 rings (SSSR count). The van der Waals surface area contributed by atoms with E-state index in [0.717, 1.165) is 28.1 Å². The molecule has 4 aromatic heterocycles. The minimum atomic E-state index is -5.59. The largest absolute Gasteiger partial charge is 0.790 e. The van der Waals surface area contributed by atoms with Crippen LogP contribution in [0.15, 0.2) is 23.8 Å². The molecule has 0 amide bonds. The van der Waals surface area contributed by atoms with Crippen LogP contribution in [0.1, 0.15) is 12.5 Å². The van der Waals surface area contributed by atoms with Crippen molar-refractivity contribution in [2.75, 3.05) is 24.7 Å². The normalized spacial score (nSPS) is 30.0. The fourth-order valence-electron chi connectivity index (χ4n) is 5.00. The highest BCUT2D eigenvalue weighted by atomic mass is 31.2. The average molecular weight is 689 g/mol. The van der Waals surface area contributed by atoms with Crippen LogP contribution in [0, 0.1) is 0 Å². The first-order chi connectivity index (χ1) is 21.6. The lowest BCUT2D eigenvalue weighted by Gasteiger charge is -2.33. The van der Waals surface area contributed by atoms with Crippen LogP contribution in [-0.2, 0) is 32.2 Å². The zero-order chi connectivity index (χ0) is 33.1. The summed E-state index contributed by atoms with van der Waals surface area (Å²) in [7, 11) is -11.1. The number of imidazole rings is 2. The van der Waals surface area contributed by atoms with Crippen molar-refractivity contribution in [3.8, 4) is 0 Å². The van der Waals surface area contributed by atoms with Crippen molar-refractivity contribution in [1.82, 2.24) is 39.0 Å². The van der Waals surface area contributed by atoms with Crippen LogP contribution in [0.25, 0.3) is 22.3 Å². The van der Waals surface area contributed by atoms with E-state index < -0.39 is 83.5 Å². The number of ether oxygens (including phenoxy) is 2. The van der Waals surface area contributed by atoms with E-state index in [1.165, 1.54) is 0 Å². The van der Waals surface area contributed by atoms with E-state index in [9.17, 15) is 43.9 Å². The molecule has 0 saturated carbocycles. The van der Waals surface area contributed by atoms with Gasteiger partial charge < -0.3 is 69.1 Å². The van der Waals surface area contributed by atoms with Gasteiger partial charge in [-0.3, -0.25) is 23.5 Å². The van der Waals surface area contributed by atoms with E-state index in [1.807, 2.05) is 0 Å². The second kappa shape index (κ2) is 12.0. The van der Waals surface area contributed by atoms with Crippen LogP contribution in [0.3, 0.4) is 0 Å². The maximum absolute atomic E-state index is 12.9. The van der Waals surface area contributed by atoms with Crippen molar-refractivity contribution in [2.24, 2.45) is 0 Å². The molecular formula is C20H23N10O14P2-3. The Morgan fingerprint density at radius 3 is 2.22 bits per heavy atom. The van der Waals surface area contributed by atoms with Crippen LogP contribution in [0.4, 0.5) is 11.8 Å². The van der Waals surface area contributed by atoms with Crippen molar-refractivity contribution in [1.29, 1.82) is 0 Å². The van der Waals surface area contributed by atoms with Crippen LogP contribution >= 0.6 is 15.6 Å². The molecule has 9 atom stereocenters. The zero-order valence-electron chi connectivity index (χ0n) is 22.8. The predicted octanol–water partition coefficient (Wildman–Crippen LogP) is -5.28. The number of hydrogen-bond acceptors (Lipinski definition) is 21. The molecule has 4 aromatic rings. The van der Waals surface area contributed by atoms with Crippen LogP contribution in [0.5, 0.6) is 0 Å². The fourth-order valence-corrected chi connectivity index (χ4v) is 6.28. The van der Waals surface area contributed by atoms with Crippen LogP contribution in [-0.4, -0.2) is 104 Å². The van der Waals surface area contributed by atoms with Gasteiger partial charge in [0.1, 0.15) is 48.5 Å². The lowest BCUT2D eigenvalue weighted by Crippen LogP contribution is -2.38. The summed E-state index contributed by atoms with van der Waals surface area (Å²) in [5.41, 5.74) is 10.5. The molecule has 0 bridgehead atoms. The van der Waals surface area contributed by atoms with E-state index in [4.69, 9.17) is 30.0 Å². The van der Waals surface area contributed by atoms with Gasteiger partial charge in [-0.2, -0.15) is 4.98 Å².